The molecular weight excluding hydrogens is 168 g/mol. The van der Waals surface area contributed by atoms with Gasteiger partial charge in [-0.2, -0.15) is 0 Å². The van der Waals surface area contributed by atoms with Crippen molar-refractivity contribution in [1.82, 2.24) is 10.6 Å². The average molecular weight is 186 g/mol. The van der Waals surface area contributed by atoms with Crippen LogP contribution in [0.4, 0.5) is 0 Å². The van der Waals surface area contributed by atoms with E-state index in [2.05, 4.69) is 24.5 Å². The Bertz CT molecular complexity index is 159. The van der Waals surface area contributed by atoms with Gasteiger partial charge in [0.15, 0.2) is 0 Å². The number of rotatable bonds is 2. The molecule has 1 aliphatic rings. The van der Waals surface area contributed by atoms with Crippen LogP contribution < -0.4 is 10.6 Å². The van der Waals surface area contributed by atoms with E-state index >= 15 is 0 Å². The van der Waals surface area contributed by atoms with Crippen LogP contribution in [0.2, 0.25) is 0 Å². The summed E-state index contributed by atoms with van der Waals surface area (Å²) in [5, 5.41) is 6.61. The summed E-state index contributed by atoms with van der Waals surface area (Å²) in [5.41, 5.74) is 0. The maximum atomic E-state index is 5.30. The summed E-state index contributed by atoms with van der Waals surface area (Å²) < 4.78 is 0. The van der Waals surface area contributed by atoms with E-state index in [0.29, 0.717) is 5.92 Å². The molecule has 70 valence electrons. The van der Waals surface area contributed by atoms with Crippen molar-refractivity contribution in [3.05, 3.63) is 0 Å². The average Bonchev–Trinajstić information content (AvgIpc) is 2.05. The minimum absolute atomic E-state index is 0.550. The molecule has 1 rings (SSSR count). The summed E-state index contributed by atoms with van der Waals surface area (Å²) in [6, 6.07) is 0. The summed E-state index contributed by atoms with van der Waals surface area (Å²) in [4.78, 5) is 1.04. The zero-order valence-corrected chi connectivity index (χ0v) is 8.71. The summed E-state index contributed by atoms with van der Waals surface area (Å²) in [6.07, 6.45) is 1.25. The van der Waals surface area contributed by atoms with Crippen LogP contribution in [0, 0.1) is 11.8 Å². The highest BCUT2D eigenvalue weighted by Gasteiger charge is 2.23. The van der Waals surface area contributed by atoms with Crippen molar-refractivity contribution in [2.45, 2.75) is 20.3 Å². The Morgan fingerprint density at radius 1 is 1.67 bits per heavy atom. The van der Waals surface area contributed by atoms with Gasteiger partial charge in [-0.15, -0.1) is 0 Å². The molecular formula is C9H18N2S. The molecule has 0 bridgehead atoms. The van der Waals surface area contributed by atoms with E-state index in [0.717, 1.165) is 30.5 Å². The summed E-state index contributed by atoms with van der Waals surface area (Å²) in [7, 11) is 0. The first-order chi connectivity index (χ1) is 5.75. The van der Waals surface area contributed by atoms with Crippen molar-refractivity contribution in [3.63, 3.8) is 0 Å². The second-order valence-electron chi connectivity index (χ2n) is 3.47. The number of thiocarbonyl (C=S) groups is 1. The fraction of sp³-hybridized carbons (Fsp3) is 0.889. The van der Waals surface area contributed by atoms with E-state index in [4.69, 9.17) is 12.2 Å². The van der Waals surface area contributed by atoms with Crippen LogP contribution in [0.3, 0.4) is 0 Å². The van der Waals surface area contributed by atoms with Crippen LogP contribution in [0.5, 0.6) is 0 Å². The van der Waals surface area contributed by atoms with Crippen LogP contribution in [-0.2, 0) is 0 Å². The van der Waals surface area contributed by atoms with Crippen LogP contribution in [-0.4, -0.2) is 24.6 Å². The van der Waals surface area contributed by atoms with Crippen molar-refractivity contribution in [1.29, 1.82) is 0 Å². The Kier molecular flexibility index (Phi) is 3.95. The standard InChI is InChI=1S/C9H18N2S/c1-3-11-9(12)8-6-10-5-4-7(8)2/h7-8,10H,3-6H2,1-2H3,(H,11,12)/t7-,8?/m1/s1. The molecule has 0 aromatic rings. The van der Waals surface area contributed by atoms with Crippen molar-refractivity contribution in [3.8, 4) is 0 Å². The summed E-state index contributed by atoms with van der Waals surface area (Å²) in [6.45, 7) is 7.52. The zero-order chi connectivity index (χ0) is 8.97. The Morgan fingerprint density at radius 3 is 3.00 bits per heavy atom. The molecule has 0 spiro atoms. The maximum absolute atomic E-state index is 5.30. The van der Waals surface area contributed by atoms with Crippen molar-refractivity contribution >= 4 is 17.2 Å². The van der Waals surface area contributed by atoms with Crippen LogP contribution >= 0.6 is 12.2 Å². The SMILES string of the molecule is CCNC(=S)C1CNCC[C@H]1C. The lowest BCUT2D eigenvalue weighted by Gasteiger charge is -2.30. The monoisotopic (exact) mass is 186 g/mol. The lowest BCUT2D eigenvalue weighted by Crippen LogP contribution is -2.43. The summed E-state index contributed by atoms with van der Waals surface area (Å²) in [5.74, 6) is 1.28. The third-order valence-corrected chi connectivity index (χ3v) is 2.96. The molecule has 2 atom stereocenters. The molecule has 0 amide bonds. The first kappa shape index (κ1) is 9.93. The molecule has 1 aliphatic heterocycles. The van der Waals surface area contributed by atoms with Gasteiger partial charge >= 0.3 is 0 Å². The first-order valence-electron chi connectivity index (χ1n) is 4.74. The van der Waals surface area contributed by atoms with Crippen molar-refractivity contribution < 1.29 is 0 Å². The van der Waals surface area contributed by atoms with Gasteiger partial charge in [0.1, 0.15) is 0 Å². The fourth-order valence-corrected chi connectivity index (χ4v) is 2.11. The summed E-state index contributed by atoms with van der Waals surface area (Å²) >= 11 is 5.30. The minimum atomic E-state index is 0.550. The Labute approximate surface area is 80.1 Å². The maximum Gasteiger partial charge on any atom is 0.0800 e. The number of hydrogen-bond acceptors (Lipinski definition) is 2. The van der Waals surface area contributed by atoms with E-state index in [9.17, 15) is 0 Å². The zero-order valence-electron chi connectivity index (χ0n) is 7.89. The Balaban J connectivity index is 2.42. The van der Waals surface area contributed by atoms with Gasteiger partial charge in [-0.3, -0.25) is 0 Å². The third kappa shape index (κ3) is 2.42. The molecule has 0 aliphatic carbocycles. The van der Waals surface area contributed by atoms with Gasteiger partial charge in [0.2, 0.25) is 0 Å². The third-order valence-electron chi connectivity index (χ3n) is 2.52. The molecule has 2 nitrogen and oxygen atoms in total. The highest BCUT2D eigenvalue weighted by Crippen LogP contribution is 2.18. The second-order valence-corrected chi connectivity index (χ2v) is 3.91. The predicted molar refractivity (Wildman–Crippen MR) is 56.4 cm³/mol. The smallest absolute Gasteiger partial charge is 0.0800 e. The first-order valence-corrected chi connectivity index (χ1v) is 5.15. The van der Waals surface area contributed by atoms with Gasteiger partial charge in [-0.25, -0.2) is 0 Å². The molecule has 1 heterocycles. The highest BCUT2D eigenvalue weighted by atomic mass is 32.1. The fourth-order valence-electron chi connectivity index (χ4n) is 1.65. The van der Waals surface area contributed by atoms with E-state index in [1.54, 1.807) is 0 Å². The molecule has 3 heteroatoms. The largest absolute Gasteiger partial charge is 0.380 e. The molecule has 2 N–H and O–H groups in total. The minimum Gasteiger partial charge on any atom is -0.380 e. The molecule has 0 aromatic carbocycles. The van der Waals surface area contributed by atoms with E-state index < -0.39 is 0 Å². The van der Waals surface area contributed by atoms with E-state index in [-0.39, 0.29) is 0 Å². The Hall–Kier alpha value is -0.150. The number of nitrogens with one attached hydrogen (secondary N) is 2. The van der Waals surface area contributed by atoms with Gasteiger partial charge < -0.3 is 10.6 Å². The van der Waals surface area contributed by atoms with Crippen LogP contribution in [0.1, 0.15) is 20.3 Å². The van der Waals surface area contributed by atoms with Gasteiger partial charge in [-0.05, 0) is 25.8 Å². The number of hydrogen-bond donors (Lipinski definition) is 2. The van der Waals surface area contributed by atoms with Gasteiger partial charge in [0.25, 0.3) is 0 Å². The van der Waals surface area contributed by atoms with Gasteiger partial charge in [0.05, 0.1) is 4.99 Å². The molecule has 0 aromatic heterocycles. The van der Waals surface area contributed by atoms with Crippen molar-refractivity contribution in [2.75, 3.05) is 19.6 Å². The normalized spacial score (nSPS) is 29.8. The molecule has 0 radical (unpaired) electrons. The van der Waals surface area contributed by atoms with Crippen LogP contribution in [0.15, 0.2) is 0 Å². The lowest BCUT2D eigenvalue weighted by atomic mass is 9.88. The topological polar surface area (TPSA) is 24.1 Å². The lowest BCUT2D eigenvalue weighted by molar-refractivity contribution is 0.340. The van der Waals surface area contributed by atoms with E-state index in [1.165, 1.54) is 6.42 Å². The Morgan fingerprint density at radius 2 is 2.42 bits per heavy atom. The predicted octanol–water partition coefficient (Wildman–Crippen LogP) is 1.17. The second kappa shape index (κ2) is 4.77. The van der Waals surface area contributed by atoms with Gasteiger partial charge in [0, 0.05) is 19.0 Å². The quantitative estimate of drug-likeness (QED) is 0.633. The number of piperidine rings is 1. The van der Waals surface area contributed by atoms with E-state index in [1.807, 2.05) is 0 Å². The van der Waals surface area contributed by atoms with Crippen molar-refractivity contribution in [2.24, 2.45) is 11.8 Å². The highest BCUT2D eigenvalue weighted by molar-refractivity contribution is 7.80. The molecule has 1 saturated heterocycles. The van der Waals surface area contributed by atoms with Gasteiger partial charge in [-0.1, -0.05) is 19.1 Å². The molecule has 0 saturated carbocycles. The van der Waals surface area contributed by atoms with Crippen LogP contribution in [0.25, 0.3) is 0 Å². The molecule has 1 fully saturated rings. The molecule has 1 unspecified atom stereocenters. The molecule has 12 heavy (non-hydrogen) atoms.